The molecule has 0 rings (SSSR count). The molecule has 0 aromatic carbocycles. The fourth-order valence-electron chi connectivity index (χ4n) is 1.80. The van der Waals surface area contributed by atoms with E-state index in [1.807, 2.05) is 0 Å². The van der Waals surface area contributed by atoms with Crippen LogP contribution in [0.15, 0.2) is 0 Å². The van der Waals surface area contributed by atoms with Gasteiger partial charge in [-0.25, -0.2) is 0 Å². The zero-order chi connectivity index (χ0) is 16.8. The van der Waals surface area contributed by atoms with Gasteiger partial charge in [0.25, 0.3) is 0 Å². The number of rotatable bonds is 10. The highest BCUT2D eigenvalue weighted by atomic mass is 28.4. The van der Waals surface area contributed by atoms with Crippen molar-refractivity contribution < 1.29 is 43.7 Å². The topological polar surface area (TPSA) is 210 Å². The minimum atomic E-state index is -3.94. The summed E-state index contributed by atoms with van der Waals surface area (Å²) in [6.07, 6.45) is 0. The first kappa shape index (κ1) is 19.2. The van der Waals surface area contributed by atoms with Crippen molar-refractivity contribution in [2.75, 3.05) is 0 Å². The van der Waals surface area contributed by atoms with E-state index in [1.165, 1.54) is 0 Å². The second kappa shape index (κ2) is 7.27. The maximum atomic E-state index is 10.9. The first-order valence-corrected chi connectivity index (χ1v) is 10.3. The minimum Gasteiger partial charge on any atom is -0.481 e. The van der Waals surface area contributed by atoms with Crippen LogP contribution < -0.4 is 10.8 Å². The largest absolute Gasteiger partial charge is 0.481 e. The lowest BCUT2D eigenvalue weighted by Crippen LogP contribution is -2.66. The number of hydrogen-bond acceptors (Lipinski definition) is 7. The van der Waals surface area contributed by atoms with Crippen molar-refractivity contribution in [2.45, 2.75) is 24.2 Å². The molecule has 0 radical (unpaired) electrons. The molecule has 0 saturated heterocycles. The van der Waals surface area contributed by atoms with Crippen LogP contribution in [0.5, 0.6) is 0 Å². The third-order valence-electron chi connectivity index (χ3n) is 2.25. The van der Waals surface area contributed by atoms with Crippen LogP contribution in [-0.2, 0) is 23.3 Å². The zero-order valence-electron chi connectivity index (χ0n) is 10.8. The normalized spacial score (nSPS) is 11.9. The summed E-state index contributed by atoms with van der Waals surface area (Å²) in [7, 11) is -7.87. The molecule has 11 nitrogen and oxygen atoms in total. The smallest absolute Gasteiger partial charge is 0.347 e. The van der Waals surface area contributed by atoms with Crippen molar-refractivity contribution in [1.29, 1.82) is 0 Å². The molecule has 120 valence electrons. The highest BCUT2D eigenvalue weighted by Gasteiger charge is 2.48. The highest BCUT2D eigenvalue weighted by Crippen LogP contribution is 2.25. The Labute approximate surface area is 120 Å². The summed E-state index contributed by atoms with van der Waals surface area (Å²) in [5.41, 5.74) is 0. The Kier molecular flexibility index (Phi) is 6.65. The Hall–Kier alpha value is -1.81. The first-order chi connectivity index (χ1) is 9.37. The Morgan fingerprint density at radius 1 is 0.714 bits per heavy atom. The molecule has 0 saturated carbocycles. The number of nitrogens with two attached hydrogens (primary N) is 2. The van der Waals surface area contributed by atoms with Crippen molar-refractivity contribution in [1.82, 2.24) is 0 Å². The Bertz CT molecular complexity index is 412. The highest BCUT2D eigenvalue weighted by molar-refractivity contribution is 6.89. The molecule has 0 spiro atoms. The van der Waals surface area contributed by atoms with E-state index in [2.05, 4.69) is 0 Å². The lowest BCUT2D eigenvalue weighted by atomic mass is 10.8. The van der Waals surface area contributed by atoms with E-state index in [0.29, 0.717) is 0 Å². The van der Waals surface area contributed by atoms with Gasteiger partial charge in [-0.3, -0.25) is 19.2 Å². The van der Waals surface area contributed by atoms with Crippen LogP contribution in [0.4, 0.5) is 0 Å². The van der Waals surface area contributed by atoms with E-state index in [1.54, 1.807) is 0 Å². The van der Waals surface area contributed by atoms with Crippen LogP contribution >= 0.6 is 0 Å². The van der Waals surface area contributed by atoms with Crippen LogP contribution in [0.1, 0.15) is 0 Å². The molecule has 0 atom stereocenters. The Morgan fingerprint density at radius 2 is 1.00 bits per heavy atom. The molecular formula is C8H16N2O9Si2. The van der Waals surface area contributed by atoms with Crippen molar-refractivity contribution in [3.63, 3.8) is 0 Å². The molecule has 0 aromatic heterocycles. The molecule has 21 heavy (non-hydrogen) atoms. The molecule has 0 aliphatic heterocycles. The first-order valence-electron chi connectivity index (χ1n) is 5.52. The van der Waals surface area contributed by atoms with E-state index in [-0.39, 0.29) is 0 Å². The second-order valence-electron chi connectivity index (χ2n) is 4.52. The Balaban J connectivity index is 5.50. The number of hydrogen-bond donors (Lipinski definition) is 6. The van der Waals surface area contributed by atoms with E-state index in [9.17, 15) is 19.2 Å². The molecule has 13 heteroatoms. The summed E-state index contributed by atoms with van der Waals surface area (Å²) in [4.78, 5) is 43.2. The maximum absolute atomic E-state index is 10.9. The van der Waals surface area contributed by atoms with Crippen LogP contribution in [-0.4, -0.2) is 61.3 Å². The van der Waals surface area contributed by atoms with E-state index < -0.39 is 65.0 Å². The van der Waals surface area contributed by atoms with Gasteiger partial charge in [-0.15, -0.1) is 0 Å². The fraction of sp³-hybridized carbons (Fsp3) is 0.500. The minimum absolute atomic E-state index is 0.805. The summed E-state index contributed by atoms with van der Waals surface area (Å²) >= 11 is 0. The molecule has 0 heterocycles. The molecule has 0 amide bonds. The molecular weight excluding hydrogens is 324 g/mol. The quantitative estimate of drug-likeness (QED) is 0.243. The van der Waals surface area contributed by atoms with E-state index in [4.69, 9.17) is 35.3 Å². The number of aliphatic carboxylic acids is 4. The second-order valence-corrected chi connectivity index (χ2v) is 11.0. The van der Waals surface area contributed by atoms with Gasteiger partial charge in [-0.1, -0.05) is 0 Å². The van der Waals surface area contributed by atoms with E-state index >= 15 is 0 Å². The summed E-state index contributed by atoms with van der Waals surface area (Å²) in [6, 6.07) is -3.36. The third-order valence-corrected chi connectivity index (χ3v) is 9.20. The summed E-state index contributed by atoms with van der Waals surface area (Å²) in [5, 5.41) is 46.2. The standard InChI is InChI=1S/C8H16N2O9Si2/c9-21(10,4-8(17)18)19-20(1-5(11)12,2-6(13)14)3-7(15)16/h1-4,9-10H2,(H,11,12)(H,13,14)(H,15,16)(H,17,18). The van der Waals surface area contributed by atoms with Gasteiger partial charge in [0, 0.05) is 0 Å². The molecule has 0 aromatic rings. The predicted molar refractivity (Wildman–Crippen MR) is 70.7 cm³/mol. The summed E-state index contributed by atoms with van der Waals surface area (Å²) in [5.74, 6) is -5.81. The summed E-state index contributed by atoms with van der Waals surface area (Å²) < 4.78 is 5.18. The van der Waals surface area contributed by atoms with Gasteiger partial charge in [0.15, 0.2) is 0 Å². The average molecular weight is 340 g/mol. The van der Waals surface area contributed by atoms with Gasteiger partial charge in [-0.05, 0) is 0 Å². The molecule has 0 fully saturated rings. The predicted octanol–water partition coefficient (Wildman–Crippen LogP) is -1.86. The maximum Gasteiger partial charge on any atom is 0.347 e. The van der Waals surface area contributed by atoms with Crippen LogP contribution in [0.2, 0.25) is 24.2 Å². The molecule has 0 bridgehead atoms. The van der Waals surface area contributed by atoms with Crippen molar-refractivity contribution in [3.05, 3.63) is 0 Å². The number of carbonyl (C=O) groups is 4. The van der Waals surface area contributed by atoms with Gasteiger partial charge in [0.05, 0.1) is 24.2 Å². The van der Waals surface area contributed by atoms with Crippen LogP contribution in [0.25, 0.3) is 0 Å². The summed E-state index contributed by atoms with van der Waals surface area (Å²) in [6.45, 7) is 0. The van der Waals surface area contributed by atoms with E-state index in [0.717, 1.165) is 0 Å². The van der Waals surface area contributed by atoms with Gasteiger partial charge < -0.3 is 35.3 Å². The van der Waals surface area contributed by atoms with Gasteiger partial charge in [0.2, 0.25) is 8.32 Å². The number of carboxylic acid groups (broad SMARTS) is 4. The fourth-order valence-corrected chi connectivity index (χ4v) is 8.68. The lowest BCUT2D eigenvalue weighted by Gasteiger charge is -2.34. The third kappa shape index (κ3) is 8.15. The SMILES string of the molecule is N[Si](N)(CC(=O)O)O[Si](CC(=O)O)(CC(=O)O)CC(=O)O. The molecule has 8 N–H and O–H groups in total. The van der Waals surface area contributed by atoms with Crippen LogP contribution in [0.3, 0.4) is 0 Å². The van der Waals surface area contributed by atoms with Crippen molar-refractivity contribution >= 4 is 40.8 Å². The molecule has 0 aliphatic carbocycles. The molecule has 0 aliphatic rings. The van der Waals surface area contributed by atoms with Crippen molar-refractivity contribution in [3.8, 4) is 0 Å². The van der Waals surface area contributed by atoms with Gasteiger partial charge >= 0.3 is 32.5 Å². The lowest BCUT2D eigenvalue weighted by molar-refractivity contribution is -0.136. The van der Waals surface area contributed by atoms with Gasteiger partial charge in [-0.2, -0.15) is 0 Å². The van der Waals surface area contributed by atoms with Gasteiger partial charge in [0.1, 0.15) is 0 Å². The van der Waals surface area contributed by atoms with Crippen molar-refractivity contribution in [2.24, 2.45) is 10.8 Å². The zero-order valence-corrected chi connectivity index (χ0v) is 12.8. The average Bonchev–Trinajstić information content (AvgIpc) is 2.07. The van der Waals surface area contributed by atoms with Crippen LogP contribution in [0, 0.1) is 0 Å². The molecule has 0 unspecified atom stereocenters. The number of carboxylic acids is 4. The Morgan fingerprint density at radius 3 is 1.24 bits per heavy atom. The monoisotopic (exact) mass is 340 g/mol.